The highest BCUT2D eigenvalue weighted by atomic mass is 14.2. The fraction of sp³-hybridized carbons (Fsp3) is 0.647. The van der Waals surface area contributed by atoms with Gasteiger partial charge < -0.3 is 0 Å². The van der Waals surface area contributed by atoms with E-state index < -0.39 is 0 Å². The molecule has 0 heterocycles. The van der Waals surface area contributed by atoms with Gasteiger partial charge in [0.2, 0.25) is 0 Å². The molecule has 0 fully saturated rings. The Balaban J connectivity index is 2.65. The second-order valence-electron chi connectivity index (χ2n) is 5.97. The van der Waals surface area contributed by atoms with Crippen LogP contribution in [-0.4, -0.2) is 0 Å². The van der Waals surface area contributed by atoms with Gasteiger partial charge in [0.1, 0.15) is 0 Å². The second kappa shape index (κ2) is 6.23. The standard InChI is InChI=1S/C17H28/c1-6-14(3)16-10-8-15(9-11-16)12-13-17(4,5)7-2/h8,10,12-14H,6-7,9,11H2,1-5H3/b13-12+. The Bertz CT molecular complexity index is 326. The zero-order valence-corrected chi connectivity index (χ0v) is 12.2. The molecule has 1 aliphatic rings. The van der Waals surface area contributed by atoms with Gasteiger partial charge >= 0.3 is 0 Å². The van der Waals surface area contributed by atoms with E-state index in [1.807, 2.05) is 0 Å². The number of rotatable bonds is 5. The van der Waals surface area contributed by atoms with Gasteiger partial charge in [-0.25, -0.2) is 0 Å². The molecule has 0 bridgehead atoms. The SMILES string of the molecule is CCC(C)C1=CC=C(/C=C/C(C)(C)CC)CC1. The van der Waals surface area contributed by atoms with E-state index in [1.54, 1.807) is 5.57 Å². The van der Waals surface area contributed by atoms with Gasteiger partial charge in [0.15, 0.2) is 0 Å². The van der Waals surface area contributed by atoms with E-state index in [1.165, 1.54) is 31.3 Å². The third kappa shape index (κ3) is 4.53. The summed E-state index contributed by atoms with van der Waals surface area (Å²) in [6.07, 6.45) is 14.3. The first-order chi connectivity index (χ1) is 7.98. The van der Waals surface area contributed by atoms with Crippen molar-refractivity contribution < 1.29 is 0 Å². The molecular weight excluding hydrogens is 204 g/mol. The Morgan fingerprint density at radius 1 is 1.24 bits per heavy atom. The molecule has 0 heteroatoms. The van der Waals surface area contributed by atoms with Crippen LogP contribution < -0.4 is 0 Å². The van der Waals surface area contributed by atoms with Gasteiger partial charge in [-0.3, -0.25) is 0 Å². The average molecular weight is 232 g/mol. The van der Waals surface area contributed by atoms with Gasteiger partial charge in [-0.15, -0.1) is 0 Å². The molecule has 0 saturated heterocycles. The smallest absolute Gasteiger partial charge is 0.0174 e. The minimum Gasteiger partial charge on any atom is -0.0786 e. The van der Waals surface area contributed by atoms with Crippen LogP contribution in [0.2, 0.25) is 0 Å². The lowest BCUT2D eigenvalue weighted by atomic mass is 9.86. The fourth-order valence-electron chi connectivity index (χ4n) is 1.93. The molecule has 1 atom stereocenters. The molecule has 0 saturated carbocycles. The number of hydrogen-bond donors (Lipinski definition) is 0. The average Bonchev–Trinajstić information content (AvgIpc) is 2.36. The van der Waals surface area contributed by atoms with Crippen LogP contribution in [0.4, 0.5) is 0 Å². The molecule has 0 amide bonds. The van der Waals surface area contributed by atoms with Crippen molar-refractivity contribution in [1.29, 1.82) is 0 Å². The van der Waals surface area contributed by atoms with E-state index in [9.17, 15) is 0 Å². The Kier molecular flexibility index (Phi) is 5.24. The highest BCUT2D eigenvalue weighted by molar-refractivity contribution is 5.32. The predicted octanol–water partition coefficient (Wildman–Crippen LogP) is 5.67. The summed E-state index contributed by atoms with van der Waals surface area (Å²) in [4.78, 5) is 0. The normalized spacial score (nSPS) is 19.1. The summed E-state index contributed by atoms with van der Waals surface area (Å²) >= 11 is 0. The van der Waals surface area contributed by atoms with Crippen LogP contribution in [-0.2, 0) is 0 Å². The van der Waals surface area contributed by atoms with E-state index in [0.29, 0.717) is 5.41 Å². The zero-order chi connectivity index (χ0) is 12.9. The maximum absolute atomic E-state index is 2.36. The van der Waals surface area contributed by atoms with Crippen LogP contribution in [0, 0.1) is 11.3 Å². The minimum atomic E-state index is 0.335. The molecule has 1 aliphatic carbocycles. The van der Waals surface area contributed by atoms with Gasteiger partial charge in [-0.05, 0) is 42.6 Å². The van der Waals surface area contributed by atoms with E-state index in [-0.39, 0.29) is 0 Å². The lowest BCUT2D eigenvalue weighted by Gasteiger charge is -2.20. The minimum absolute atomic E-state index is 0.335. The number of hydrogen-bond acceptors (Lipinski definition) is 0. The maximum Gasteiger partial charge on any atom is -0.0174 e. The Morgan fingerprint density at radius 2 is 1.94 bits per heavy atom. The van der Waals surface area contributed by atoms with Gasteiger partial charge in [0.25, 0.3) is 0 Å². The van der Waals surface area contributed by atoms with Crippen molar-refractivity contribution in [2.24, 2.45) is 11.3 Å². The Labute approximate surface area is 108 Å². The van der Waals surface area contributed by atoms with Crippen molar-refractivity contribution in [2.75, 3.05) is 0 Å². The summed E-state index contributed by atoms with van der Waals surface area (Å²) in [5, 5.41) is 0. The molecule has 0 radical (unpaired) electrons. The third-order valence-corrected chi connectivity index (χ3v) is 4.12. The van der Waals surface area contributed by atoms with Crippen LogP contribution in [0.3, 0.4) is 0 Å². The van der Waals surface area contributed by atoms with Gasteiger partial charge in [-0.2, -0.15) is 0 Å². The molecular formula is C17H28. The lowest BCUT2D eigenvalue weighted by Crippen LogP contribution is -2.05. The largest absolute Gasteiger partial charge is 0.0786 e. The van der Waals surface area contributed by atoms with Gasteiger partial charge in [0, 0.05) is 0 Å². The topological polar surface area (TPSA) is 0 Å². The molecule has 0 spiro atoms. The van der Waals surface area contributed by atoms with Crippen LogP contribution in [0.25, 0.3) is 0 Å². The zero-order valence-electron chi connectivity index (χ0n) is 12.2. The molecule has 0 aromatic carbocycles. The van der Waals surface area contributed by atoms with E-state index in [0.717, 1.165) is 5.92 Å². The summed E-state index contributed by atoms with van der Waals surface area (Å²) < 4.78 is 0. The van der Waals surface area contributed by atoms with Crippen molar-refractivity contribution in [3.63, 3.8) is 0 Å². The number of allylic oxidation sites excluding steroid dienone is 6. The summed E-state index contributed by atoms with van der Waals surface area (Å²) in [6, 6.07) is 0. The molecule has 17 heavy (non-hydrogen) atoms. The van der Waals surface area contributed by atoms with Gasteiger partial charge in [0.05, 0.1) is 0 Å². The first-order valence-electron chi connectivity index (χ1n) is 7.07. The van der Waals surface area contributed by atoms with Crippen molar-refractivity contribution in [3.05, 3.63) is 35.5 Å². The maximum atomic E-state index is 2.36. The summed E-state index contributed by atoms with van der Waals surface area (Å²) in [7, 11) is 0. The van der Waals surface area contributed by atoms with E-state index in [2.05, 4.69) is 58.9 Å². The second-order valence-corrected chi connectivity index (χ2v) is 5.97. The monoisotopic (exact) mass is 232 g/mol. The van der Waals surface area contributed by atoms with Crippen LogP contribution in [0.1, 0.15) is 60.3 Å². The Morgan fingerprint density at radius 3 is 2.41 bits per heavy atom. The lowest BCUT2D eigenvalue weighted by molar-refractivity contribution is 0.461. The van der Waals surface area contributed by atoms with Crippen LogP contribution in [0.5, 0.6) is 0 Å². The summed E-state index contributed by atoms with van der Waals surface area (Å²) in [5.74, 6) is 0.754. The van der Waals surface area contributed by atoms with Crippen molar-refractivity contribution >= 4 is 0 Å². The third-order valence-electron chi connectivity index (χ3n) is 4.12. The van der Waals surface area contributed by atoms with Crippen LogP contribution >= 0.6 is 0 Å². The van der Waals surface area contributed by atoms with Crippen molar-refractivity contribution in [3.8, 4) is 0 Å². The molecule has 0 aromatic heterocycles. The highest BCUT2D eigenvalue weighted by Gasteiger charge is 2.12. The molecule has 1 unspecified atom stereocenters. The van der Waals surface area contributed by atoms with Crippen LogP contribution in [0.15, 0.2) is 35.5 Å². The first kappa shape index (κ1) is 14.3. The fourth-order valence-corrected chi connectivity index (χ4v) is 1.93. The molecule has 0 nitrogen and oxygen atoms in total. The molecule has 1 rings (SSSR count). The highest BCUT2D eigenvalue weighted by Crippen LogP contribution is 2.28. The van der Waals surface area contributed by atoms with Crippen molar-refractivity contribution in [2.45, 2.75) is 60.3 Å². The van der Waals surface area contributed by atoms with E-state index in [4.69, 9.17) is 0 Å². The summed E-state index contributed by atoms with van der Waals surface area (Å²) in [6.45, 7) is 11.5. The van der Waals surface area contributed by atoms with E-state index >= 15 is 0 Å². The van der Waals surface area contributed by atoms with Crippen molar-refractivity contribution in [1.82, 2.24) is 0 Å². The molecule has 0 N–H and O–H groups in total. The Hall–Kier alpha value is -0.780. The predicted molar refractivity (Wildman–Crippen MR) is 78.1 cm³/mol. The molecule has 0 aliphatic heterocycles. The molecule has 0 aromatic rings. The summed E-state index contributed by atoms with van der Waals surface area (Å²) in [5.41, 5.74) is 3.44. The first-order valence-corrected chi connectivity index (χ1v) is 7.07. The quantitative estimate of drug-likeness (QED) is 0.572. The molecule has 96 valence electrons. The van der Waals surface area contributed by atoms with Gasteiger partial charge in [-0.1, -0.05) is 64.5 Å².